The summed E-state index contributed by atoms with van der Waals surface area (Å²) >= 11 is 1.86. The van der Waals surface area contributed by atoms with Crippen LogP contribution in [0.15, 0.2) is 60.0 Å². The monoisotopic (exact) mass is 371 g/mol. The van der Waals surface area contributed by atoms with Crippen molar-refractivity contribution in [3.63, 3.8) is 0 Å². The Morgan fingerprint density at radius 2 is 1.89 bits per heavy atom. The second-order valence-electron chi connectivity index (χ2n) is 7.56. The lowest BCUT2D eigenvalue weighted by Gasteiger charge is -2.46. The third-order valence-corrected chi connectivity index (χ3v) is 7.17. The first-order valence-corrected chi connectivity index (χ1v) is 10.4. The van der Waals surface area contributed by atoms with Crippen LogP contribution in [-0.4, -0.2) is 16.4 Å². The number of rotatable bonds is 1. The van der Waals surface area contributed by atoms with Crippen LogP contribution < -0.4 is 5.32 Å². The quantitative estimate of drug-likeness (QED) is 0.456. The van der Waals surface area contributed by atoms with Crippen LogP contribution in [0.4, 0.5) is 5.69 Å². The molecule has 2 atom stereocenters. The van der Waals surface area contributed by atoms with E-state index in [1.807, 2.05) is 11.3 Å². The van der Waals surface area contributed by atoms with Gasteiger partial charge in [0.1, 0.15) is 6.17 Å². The Balaban J connectivity index is 1.59. The lowest BCUT2D eigenvalue weighted by Crippen LogP contribution is -2.45. The van der Waals surface area contributed by atoms with Gasteiger partial charge >= 0.3 is 0 Å². The number of hydrogen-bond acceptors (Lipinski definition) is 3. The zero-order valence-corrected chi connectivity index (χ0v) is 16.0. The molecule has 2 aromatic carbocycles. The van der Waals surface area contributed by atoms with Crippen LogP contribution in [-0.2, 0) is 6.42 Å². The largest absolute Gasteiger partial charge is 0.365 e. The zero-order valence-electron chi connectivity index (χ0n) is 15.2. The van der Waals surface area contributed by atoms with Crippen LogP contribution in [0.3, 0.4) is 0 Å². The van der Waals surface area contributed by atoms with E-state index in [-0.39, 0.29) is 12.2 Å². The van der Waals surface area contributed by atoms with E-state index in [9.17, 15) is 0 Å². The third-order valence-electron chi connectivity index (χ3n) is 6.10. The molecule has 3 nitrogen and oxygen atoms in total. The average molecular weight is 372 g/mol. The standard InChI is InChI=1S/C23H21N3S/c1-14-11-13-27-22(14)23-25-19-9-5-3-7-17(19)21-20-16(10-12-26(21)23)15-6-2-4-8-18(15)24-20/h2-9,11,13,21,23-25H,10,12H2,1H3/t21-,23+/m1/s1. The molecule has 27 heavy (non-hydrogen) atoms. The van der Waals surface area contributed by atoms with Gasteiger partial charge in [-0.2, -0.15) is 0 Å². The molecule has 0 aliphatic carbocycles. The highest BCUT2D eigenvalue weighted by molar-refractivity contribution is 7.10. The second-order valence-corrected chi connectivity index (χ2v) is 8.50. The van der Waals surface area contributed by atoms with Crippen LogP contribution in [0.2, 0.25) is 0 Å². The number of nitrogens with zero attached hydrogens (tertiary/aromatic N) is 1. The Morgan fingerprint density at radius 3 is 2.78 bits per heavy atom. The smallest absolute Gasteiger partial charge is 0.116 e. The molecule has 0 saturated carbocycles. The minimum Gasteiger partial charge on any atom is -0.365 e. The Hall–Kier alpha value is -2.56. The number of aromatic nitrogens is 1. The molecule has 0 fully saturated rings. The summed E-state index contributed by atoms with van der Waals surface area (Å²) in [7, 11) is 0. The fraction of sp³-hybridized carbons (Fsp3) is 0.217. The van der Waals surface area contributed by atoms with Gasteiger partial charge in [0, 0.05) is 33.7 Å². The van der Waals surface area contributed by atoms with E-state index >= 15 is 0 Å². The van der Waals surface area contributed by atoms with Crippen LogP contribution in [0.25, 0.3) is 10.9 Å². The Morgan fingerprint density at radius 1 is 1.04 bits per heavy atom. The maximum atomic E-state index is 3.83. The van der Waals surface area contributed by atoms with Gasteiger partial charge in [-0.05, 0) is 53.6 Å². The molecule has 0 spiro atoms. The van der Waals surface area contributed by atoms with Crippen LogP contribution in [0.1, 0.15) is 39.5 Å². The van der Waals surface area contributed by atoms with Gasteiger partial charge in [-0.25, -0.2) is 0 Å². The Kier molecular flexibility index (Phi) is 3.28. The van der Waals surface area contributed by atoms with Gasteiger partial charge in [0.25, 0.3) is 0 Å². The minimum atomic E-state index is 0.226. The molecular weight excluding hydrogens is 350 g/mol. The van der Waals surface area contributed by atoms with E-state index in [1.54, 1.807) is 0 Å². The molecular formula is C23H21N3S. The highest BCUT2D eigenvalue weighted by Crippen LogP contribution is 2.48. The minimum absolute atomic E-state index is 0.226. The van der Waals surface area contributed by atoms with Crippen molar-refractivity contribution in [3.05, 3.63) is 87.2 Å². The number of nitrogens with one attached hydrogen (secondary N) is 2. The van der Waals surface area contributed by atoms with E-state index < -0.39 is 0 Å². The van der Waals surface area contributed by atoms with Gasteiger partial charge in [-0.1, -0.05) is 36.4 Å². The lowest BCUT2D eigenvalue weighted by atomic mass is 9.88. The number of H-pyrrole nitrogens is 1. The Bertz CT molecular complexity index is 1160. The number of thiophene rings is 1. The molecule has 0 radical (unpaired) electrons. The predicted molar refractivity (Wildman–Crippen MR) is 112 cm³/mol. The summed E-state index contributed by atoms with van der Waals surface area (Å²) in [5.74, 6) is 0. The van der Waals surface area contributed by atoms with E-state index in [4.69, 9.17) is 0 Å². The van der Waals surface area contributed by atoms with Gasteiger partial charge in [0.2, 0.25) is 0 Å². The van der Waals surface area contributed by atoms with E-state index in [0.717, 1.165) is 13.0 Å². The first-order chi connectivity index (χ1) is 13.3. The molecule has 6 rings (SSSR count). The fourth-order valence-corrected chi connectivity index (χ4v) is 5.85. The molecule has 0 bridgehead atoms. The van der Waals surface area contributed by atoms with Crippen molar-refractivity contribution in [3.8, 4) is 0 Å². The summed E-state index contributed by atoms with van der Waals surface area (Å²) in [6, 6.07) is 20.0. The molecule has 0 saturated heterocycles. The maximum absolute atomic E-state index is 3.83. The van der Waals surface area contributed by atoms with Crippen LogP contribution in [0.5, 0.6) is 0 Å². The van der Waals surface area contributed by atoms with Gasteiger partial charge in [-0.3, -0.25) is 4.90 Å². The number of anilines is 1. The topological polar surface area (TPSA) is 31.1 Å². The molecule has 0 unspecified atom stereocenters. The summed E-state index contributed by atoms with van der Waals surface area (Å²) in [6.45, 7) is 3.28. The van der Waals surface area contributed by atoms with Crippen LogP contribution in [0, 0.1) is 6.92 Å². The first kappa shape index (κ1) is 15.5. The number of para-hydroxylation sites is 2. The maximum Gasteiger partial charge on any atom is 0.116 e. The highest BCUT2D eigenvalue weighted by Gasteiger charge is 2.41. The molecule has 2 aliphatic heterocycles. The molecule has 2 aromatic heterocycles. The first-order valence-electron chi connectivity index (χ1n) is 9.56. The number of benzene rings is 2. The fourth-order valence-electron chi connectivity index (χ4n) is 4.85. The molecule has 4 aromatic rings. The lowest BCUT2D eigenvalue weighted by molar-refractivity contribution is 0.153. The SMILES string of the molecule is Cc1ccsc1[C@H]1Nc2ccccc2[C@@H]2c3[nH]c4ccccc4c3CCN21. The number of aryl methyl sites for hydroxylation is 1. The molecule has 134 valence electrons. The summed E-state index contributed by atoms with van der Waals surface area (Å²) in [6.07, 6.45) is 1.31. The van der Waals surface area contributed by atoms with Gasteiger partial charge in [0.15, 0.2) is 0 Å². The van der Waals surface area contributed by atoms with Crippen molar-refractivity contribution in [2.75, 3.05) is 11.9 Å². The highest BCUT2D eigenvalue weighted by atomic mass is 32.1. The van der Waals surface area contributed by atoms with Crippen molar-refractivity contribution in [1.29, 1.82) is 0 Å². The van der Waals surface area contributed by atoms with Gasteiger partial charge in [0.05, 0.1) is 6.04 Å². The predicted octanol–water partition coefficient (Wildman–Crippen LogP) is 5.61. The summed E-state index contributed by atoms with van der Waals surface area (Å²) in [4.78, 5) is 7.83. The summed E-state index contributed by atoms with van der Waals surface area (Å²) in [5.41, 5.74) is 8.11. The molecule has 4 heterocycles. The zero-order chi connectivity index (χ0) is 18.0. The summed E-state index contributed by atoms with van der Waals surface area (Å²) < 4.78 is 0. The summed E-state index contributed by atoms with van der Waals surface area (Å²) in [5, 5.41) is 7.42. The second kappa shape index (κ2) is 5.72. The van der Waals surface area contributed by atoms with Gasteiger partial charge < -0.3 is 10.3 Å². The third kappa shape index (κ3) is 2.17. The number of hydrogen-bond donors (Lipinski definition) is 2. The van der Waals surface area contributed by atoms with E-state index in [2.05, 4.69) is 82.1 Å². The number of fused-ring (bicyclic) bond motifs is 7. The normalized spacial score (nSPS) is 21.4. The molecule has 2 aliphatic rings. The average Bonchev–Trinajstić information content (AvgIpc) is 3.30. The Labute approximate surface area is 162 Å². The molecule has 0 amide bonds. The molecule has 4 heteroatoms. The molecule has 2 N–H and O–H groups in total. The van der Waals surface area contributed by atoms with Crippen molar-refractivity contribution in [2.45, 2.75) is 25.6 Å². The number of aromatic amines is 1. The van der Waals surface area contributed by atoms with E-state index in [0.29, 0.717) is 0 Å². The van der Waals surface area contributed by atoms with Crippen LogP contribution >= 0.6 is 11.3 Å². The van der Waals surface area contributed by atoms with Crippen molar-refractivity contribution >= 4 is 27.9 Å². The van der Waals surface area contributed by atoms with Crippen molar-refractivity contribution in [2.24, 2.45) is 0 Å². The van der Waals surface area contributed by atoms with Crippen molar-refractivity contribution < 1.29 is 0 Å². The van der Waals surface area contributed by atoms with E-state index in [1.165, 1.54) is 43.9 Å². The van der Waals surface area contributed by atoms with Gasteiger partial charge in [-0.15, -0.1) is 11.3 Å². The van der Waals surface area contributed by atoms with Crippen molar-refractivity contribution in [1.82, 2.24) is 9.88 Å².